The summed E-state index contributed by atoms with van der Waals surface area (Å²) < 4.78 is 12.3. The number of ether oxygens (including phenoxy) is 2. The Hall–Kier alpha value is -3.10. The Morgan fingerprint density at radius 1 is 1.06 bits per heavy atom. The molecule has 2 aromatic carbocycles. The van der Waals surface area contributed by atoms with Crippen molar-refractivity contribution in [2.45, 2.75) is 18.5 Å². The van der Waals surface area contributed by atoms with Crippen molar-refractivity contribution in [1.29, 1.82) is 0 Å². The maximum absolute atomic E-state index is 13.4. The number of hydrogen-bond donors (Lipinski definition) is 0. The summed E-state index contributed by atoms with van der Waals surface area (Å²) in [6, 6.07) is 16.3. The monoisotopic (exact) mass is 466 g/mol. The summed E-state index contributed by atoms with van der Waals surface area (Å²) in [4.78, 5) is 32.8. The number of thioether (sulfide) groups is 1. The quantitative estimate of drug-likeness (QED) is 0.207. The first-order valence-electron chi connectivity index (χ1n) is 10.0. The largest absolute Gasteiger partial charge is 0.493 e. The molecule has 0 unspecified atom stereocenters. The topological polar surface area (TPSA) is 70.4 Å². The maximum atomic E-state index is 13.4. The average molecular weight is 467 g/mol. The average Bonchev–Trinajstić information content (AvgIpc) is 3.32. The molecule has 2 heterocycles. The van der Waals surface area contributed by atoms with Crippen LogP contribution in [-0.4, -0.2) is 35.3 Å². The van der Waals surface area contributed by atoms with Crippen LogP contribution < -0.4 is 15.0 Å². The number of methoxy groups -OCH3 is 2. The lowest BCUT2D eigenvalue weighted by Gasteiger charge is -2.15. The van der Waals surface area contributed by atoms with Crippen molar-refractivity contribution in [1.82, 2.24) is 9.55 Å². The molecule has 0 N–H and O–H groups in total. The van der Waals surface area contributed by atoms with Crippen LogP contribution in [0.1, 0.15) is 21.5 Å². The highest BCUT2D eigenvalue weighted by Gasteiger charge is 2.17. The number of carbonyl (C=O) groups is 1. The predicted octanol–water partition coefficient (Wildman–Crippen LogP) is 5.00. The Bertz CT molecular complexity index is 1340. The van der Waals surface area contributed by atoms with Crippen LogP contribution in [0.5, 0.6) is 11.5 Å². The SMILES string of the molecule is CCc1ccc(C(=O)CSc2nc3ccccc3c(=O)n2-c2ccc(OC)c(OC)c2)s1. The standard InChI is InChI=1S/C24H22N2O4S2/c1-4-16-10-12-22(32-16)19(27)14-31-24-25-18-8-6-5-7-17(18)23(28)26(24)15-9-11-20(29-2)21(13-15)30-3/h5-13H,4,14H2,1-3H3. The van der Waals surface area contributed by atoms with Crippen molar-refractivity contribution in [2.75, 3.05) is 20.0 Å². The molecule has 0 spiro atoms. The van der Waals surface area contributed by atoms with Gasteiger partial charge in [0, 0.05) is 10.9 Å². The number of aromatic nitrogens is 2. The number of ketones is 1. The van der Waals surface area contributed by atoms with Crippen LogP contribution in [0.3, 0.4) is 0 Å². The molecule has 0 aliphatic rings. The normalized spacial score (nSPS) is 11.0. The number of benzene rings is 2. The van der Waals surface area contributed by atoms with Crippen molar-refractivity contribution < 1.29 is 14.3 Å². The third-order valence-corrected chi connectivity index (χ3v) is 7.20. The van der Waals surface area contributed by atoms with E-state index in [1.807, 2.05) is 24.3 Å². The molecule has 4 rings (SSSR count). The van der Waals surface area contributed by atoms with Crippen molar-refractivity contribution in [3.8, 4) is 17.2 Å². The summed E-state index contributed by atoms with van der Waals surface area (Å²) in [6.45, 7) is 2.07. The molecule has 0 aliphatic carbocycles. The molecule has 8 heteroatoms. The van der Waals surface area contributed by atoms with Crippen LogP contribution in [-0.2, 0) is 6.42 Å². The van der Waals surface area contributed by atoms with Gasteiger partial charge < -0.3 is 9.47 Å². The molecule has 32 heavy (non-hydrogen) atoms. The number of rotatable bonds is 8. The summed E-state index contributed by atoms with van der Waals surface area (Å²) in [5.41, 5.74) is 0.973. The molecule has 0 bridgehead atoms. The predicted molar refractivity (Wildman–Crippen MR) is 129 cm³/mol. The molecule has 0 atom stereocenters. The summed E-state index contributed by atoms with van der Waals surface area (Å²) in [6.07, 6.45) is 0.899. The van der Waals surface area contributed by atoms with Gasteiger partial charge in [0.05, 0.1) is 41.4 Å². The van der Waals surface area contributed by atoms with Crippen LogP contribution in [0, 0.1) is 0 Å². The summed E-state index contributed by atoms with van der Waals surface area (Å²) in [5.74, 6) is 1.26. The zero-order chi connectivity index (χ0) is 22.7. The maximum Gasteiger partial charge on any atom is 0.266 e. The van der Waals surface area contributed by atoms with Crippen LogP contribution in [0.15, 0.2) is 64.5 Å². The van der Waals surface area contributed by atoms with E-state index < -0.39 is 0 Å². The zero-order valence-corrected chi connectivity index (χ0v) is 19.6. The number of fused-ring (bicyclic) bond motifs is 1. The van der Waals surface area contributed by atoms with Crippen molar-refractivity contribution in [3.05, 3.63) is 74.7 Å². The van der Waals surface area contributed by atoms with Crippen LogP contribution in [0.25, 0.3) is 16.6 Å². The third-order valence-electron chi connectivity index (χ3n) is 4.99. The number of thiophene rings is 1. The van der Waals surface area contributed by atoms with Gasteiger partial charge in [0.15, 0.2) is 22.4 Å². The second-order valence-electron chi connectivity index (χ2n) is 6.92. The Morgan fingerprint density at radius 2 is 1.84 bits per heavy atom. The van der Waals surface area contributed by atoms with Crippen molar-refractivity contribution in [2.24, 2.45) is 0 Å². The van der Waals surface area contributed by atoms with E-state index >= 15 is 0 Å². The van der Waals surface area contributed by atoms with Gasteiger partial charge in [-0.1, -0.05) is 30.8 Å². The first kappa shape index (κ1) is 22.1. The van der Waals surface area contributed by atoms with E-state index in [-0.39, 0.29) is 17.1 Å². The van der Waals surface area contributed by atoms with E-state index in [0.717, 1.165) is 11.3 Å². The lowest BCUT2D eigenvalue weighted by Crippen LogP contribution is -2.22. The number of hydrogen-bond acceptors (Lipinski definition) is 7. The van der Waals surface area contributed by atoms with Gasteiger partial charge in [0.2, 0.25) is 0 Å². The highest BCUT2D eigenvalue weighted by Crippen LogP contribution is 2.31. The Kier molecular flexibility index (Phi) is 6.62. The van der Waals surface area contributed by atoms with Gasteiger partial charge in [-0.3, -0.25) is 14.2 Å². The molecule has 0 aliphatic heterocycles. The zero-order valence-electron chi connectivity index (χ0n) is 18.0. The van der Waals surface area contributed by atoms with Crippen LogP contribution >= 0.6 is 23.1 Å². The summed E-state index contributed by atoms with van der Waals surface area (Å²) in [5, 5.41) is 0.949. The molecule has 0 saturated heterocycles. The fraction of sp³-hybridized carbons (Fsp3) is 0.208. The number of para-hydroxylation sites is 1. The van der Waals surface area contributed by atoms with Gasteiger partial charge in [-0.25, -0.2) is 4.98 Å². The van der Waals surface area contributed by atoms with E-state index in [4.69, 9.17) is 14.5 Å². The number of Topliss-reactive ketones (excluding diaryl/α,β-unsaturated/α-hetero) is 1. The minimum atomic E-state index is -0.206. The smallest absolute Gasteiger partial charge is 0.266 e. The van der Waals surface area contributed by atoms with Crippen LogP contribution in [0.2, 0.25) is 0 Å². The van der Waals surface area contributed by atoms with E-state index in [9.17, 15) is 9.59 Å². The lowest BCUT2D eigenvalue weighted by molar-refractivity contribution is 0.102. The minimum Gasteiger partial charge on any atom is -0.493 e. The van der Waals surface area contributed by atoms with E-state index in [1.54, 1.807) is 44.6 Å². The molecule has 0 fully saturated rings. The Balaban J connectivity index is 1.77. The Morgan fingerprint density at radius 3 is 2.56 bits per heavy atom. The second-order valence-corrected chi connectivity index (χ2v) is 9.03. The second kappa shape index (κ2) is 9.58. The van der Waals surface area contributed by atoms with Gasteiger partial charge >= 0.3 is 0 Å². The molecule has 2 aromatic heterocycles. The number of carbonyl (C=O) groups excluding carboxylic acids is 1. The first-order chi connectivity index (χ1) is 15.5. The molecular formula is C24H22N2O4S2. The highest BCUT2D eigenvalue weighted by atomic mass is 32.2. The first-order valence-corrected chi connectivity index (χ1v) is 11.8. The summed E-state index contributed by atoms with van der Waals surface area (Å²) in [7, 11) is 3.10. The fourth-order valence-electron chi connectivity index (χ4n) is 3.32. The van der Waals surface area contributed by atoms with Crippen molar-refractivity contribution >= 4 is 39.8 Å². The van der Waals surface area contributed by atoms with Gasteiger partial charge in [0.25, 0.3) is 5.56 Å². The number of aryl methyl sites for hydroxylation is 1. The molecule has 4 aromatic rings. The molecule has 164 valence electrons. The minimum absolute atomic E-state index is 0.0148. The summed E-state index contributed by atoms with van der Waals surface area (Å²) >= 11 is 2.76. The van der Waals surface area contributed by atoms with Gasteiger partial charge in [0.1, 0.15) is 0 Å². The van der Waals surface area contributed by atoms with E-state index in [2.05, 4.69) is 6.92 Å². The number of nitrogens with zero attached hydrogens (tertiary/aromatic N) is 2. The molecule has 0 radical (unpaired) electrons. The van der Waals surface area contributed by atoms with Crippen LogP contribution in [0.4, 0.5) is 0 Å². The third kappa shape index (κ3) is 4.28. The molecule has 0 saturated carbocycles. The van der Waals surface area contributed by atoms with Gasteiger partial charge in [-0.2, -0.15) is 0 Å². The Labute approximate surface area is 193 Å². The highest BCUT2D eigenvalue weighted by molar-refractivity contribution is 7.99. The van der Waals surface area contributed by atoms with E-state index in [0.29, 0.717) is 33.2 Å². The molecular weight excluding hydrogens is 444 g/mol. The molecule has 0 amide bonds. The van der Waals surface area contributed by atoms with Gasteiger partial charge in [-0.05, 0) is 42.8 Å². The lowest BCUT2D eigenvalue weighted by atomic mass is 10.2. The van der Waals surface area contributed by atoms with Gasteiger partial charge in [-0.15, -0.1) is 11.3 Å². The fourth-order valence-corrected chi connectivity index (χ4v) is 5.19. The van der Waals surface area contributed by atoms with Crippen molar-refractivity contribution in [3.63, 3.8) is 0 Å². The molecule has 6 nitrogen and oxygen atoms in total. The van der Waals surface area contributed by atoms with E-state index in [1.165, 1.54) is 32.5 Å².